The van der Waals surface area contributed by atoms with Crippen molar-refractivity contribution in [2.45, 2.75) is 19.0 Å². The zero-order valence-electron chi connectivity index (χ0n) is 10.1. The van der Waals surface area contributed by atoms with Crippen molar-refractivity contribution >= 4 is 5.97 Å². The van der Waals surface area contributed by atoms with E-state index in [-0.39, 0.29) is 18.3 Å². The largest absolute Gasteiger partial charge is 0.481 e. The minimum absolute atomic E-state index is 0.00306. The highest BCUT2D eigenvalue weighted by Gasteiger charge is 2.21. The molecule has 4 nitrogen and oxygen atoms in total. The molecule has 98 valence electrons. The van der Waals surface area contributed by atoms with Crippen LogP contribution in [0.4, 0.5) is 4.39 Å². The van der Waals surface area contributed by atoms with Gasteiger partial charge in [-0.2, -0.15) is 0 Å². The summed E-state index contributed by atoms with van der Waals surface area (Å²) >= 11 is 0. The third kappa shape index (κ3) is 3.78. The van der Waals surface area contributed by atoms with Crippen molar-refractivity contribution in [1.82, 2.24) is 10.2 Å². The minimum atomic E-state index is -0.781. The second-order valence-electron chi connectivity index (χ2n) is 4.61. The summed E-state index contributed by atoms with van der Waals surface area (Å²) in [6.07, 6.45) is 0.139. The summed E-state index contributed by atoms with van der Waals surface area (Å²) in [6.45, 7) is 3.12. The average molecular weight is 252 g/mol. The van der Waals surface area contributed by atoms with Gasteiger partial charge in [-0.05, 0) is 17.7 Å². The van der Waals surface area contributed by atoms with E-state index in [0.29, 0.717) is 6.54 Å². The highest BCUT2D eigenvalue weighted by molar-refractivity contribution is 5.67. The highest BCUT2D eigenvalue weighted by Crippen LogP contribution is 2.10. The Morgan fingerprint density at radius 3 is 2.83 bits per heavy atom. The van der Waals surface area contributed by atoms with E-state index in [9.17, 15) is 9.18 Å². The monoisotopic (exact) mass is 252 g/mol. The summed E-state index contributed by atoms with van der Waals surface area (Å²) < 4.78 is 12.8. The molecule has 0 spiro atoms. The summed E-state index contributed by atoms with van der Waals surface area (Å²) in [4.78, 5) is 12.9. The fraction of sp³-hybridized carbons (Fsp3) is 0.462. The van der Waals surface area contributed by atoms with Gasteiger partial charge in [0.15, 0.2) is 0 Å². The average Bonchev–Trinajstić information content (AvgIpc) is 2.32. The summed E-state index contributed by atoms with van der Waals surface area (Å²) in [5, 5.41) is 12.0. The molecule has 1 atom stereocenters. The first-order valence-corrected chi connectivity index (χ1v) is 6.05. The fourth-order valence-corrected chi connectivity index (χ4v) is 2.23. The molecule has 0 bridgehead atoms. The van der Waals surface area contributed by atoms with Crippen LogP contribution < -0.4 is 5.32 Å². The topological polar surface area (TPSA) is 52.6 Å². The molecule has 1 aliphatic rings. The molecular weight excluding hydrogens is 235 g/mol. The molecule has 1 heterocycles. The lowest BCUT2D eigenvalue weighted by Crippen LogP contribution is -2.50. The van der Waals surface area contributed by atoms with E-state index in [2.05, 4.69) is 10.2 Å². The maximum absolute atomic E-state index is 12.8. The Labute approximate surface area is 105 Å². The number of nitrogens with one attached hydrogen (secondary N) is 1. The van der Waals surface area contributed by atoms with Crippen molar-refractivity contribution in [2.24, 2.45) is 0 Å². The minimum Gasteiger partial charge on any atom is -0.481 e. The van der Waals surface area contributed by atoms with Gasteiger partial charge in [-0.15, -0.1) is 0 Å². The maximum atomic E-state index is 12.8. The van der Waals surface area contributed by atoms with Gasteiger partial charge in [0.2, 0.25) is 0 Å². The molecule has 1 aliphatic heterocycles. The molecule has 1 fully saturated rings. The molecular formula is C13H17FN2O2. The summed E-state index contributed by atoms with van der Waals surface area (Å²) in [7, 11) is 0. The zero-order chi connectivity index (χ0) is 13.0. The number of carbonyl (C=O) groups is 1. The van der Waals surface area contributed by atoms with Crippen molar-refractivity contribution in [3.8, 4) is 0 Å². The number of nitrogens with zero attached hydrogens (tertiary/aromatic N) is 1. The molecule has 0 aromatic heterocycles. The van der Waals surface area contributed by atoms with E-state index < -0.39 is 5.97 Å². The Kier molecular flexibility index (Phi) is 4.28. The normalized spacial score (nSPS) is 20.8. The Hall–Kier alpha value is -1.46. The van der Waals surface area contributed by atoms with Crippen molar-refractivity contribution < 1.29 is 14.3 Å². The van der Waals surface area contributed by atoms with E-state index in [1.807, 2.05) is 0 Å². The number of carboxylic acid groups (broad SMARTS) is 1. The molecule has 0 radical (unpaired) electrons. The zero-order valence-corrected chi connectivity index (χ0v) is 10.1. The molecule has 2 N–H and O–H groups in total. The maximum Gasteiger partial charge on any atom is 0.304 e. The molecule has 1 aromatic carbocycles. The van der Waals surface area contributed by atoms with Crippen LogP contribution in [-0.2, 0) is 11.3 Å². The van der Waals surface area contributed by atoms with Crippen LogP contribution in [-0.4, -0.2) is 41.7 Å². The van der Waals surface area contributed by atoms with Gasteiger partial charge in [0.05, 0.1) is 6.42 Å². The van der Waals surface area contributed by atoms with Crippen molar-refractivity contribution in [3.63, 3.8) is 0 Å². The molecule has 18 heavy (non-hydrogen) atoms. The number of halogens is 1. The Bertz CT molecular complexity index is 408. The van der Waals surface area contributed by atoms with Crippen LogP contribution in [0.2, 0.25) is 0 Å². The molecule has 1 saturated heterocycles. The number of hydrogen-bond acceptors (Lipinski definition) is 3. The highest BCUT2D eigenvalue weighted by atomic mass is 19.1. The molecule has 1 unspecified atom stereocenters. The SMILES string of the molecule is O=C(O)CC1CN(Cc2ccc(F)cc2)CCN1. The van der Waals surface area contributed by atoms with Crippen LogP contribution in [0.3, 0.4) is 0 Å². The first-order valence-electron chi connectivity index (χ1n) is 6.05. The van der Waals surface area contributed by atoms with Gasteiger partial charge in [0.1, 0.15) is 5.82 Å². The second-order valence-corrected chi connectivity index (χ2v) is 4.61. The van der Waals surface area contributed by atoms with Crippen LogP contribution in [0.5, 0.6) is 0 Å². The van der Waals surface area contributed by atoms with Gasteiger partial charge in [-0.1, -0.05) is 12.1 Å². The molecule has 0 aliphatic carbocycles. The van der Waals surface area contributed by atoms with E-state index >= 15 is 0 Å². The van der Waals surface area contributed by atoms with Gasteiger partial charge >= 0.3 is 5.97 Å². The summed E-state index contributed by atoms with van der Waals surface area (Å²) in [6, 6.07) is 6.43. The number of piperazine rings is 1. The number of rotatable bonds is 4. The standard InChI is InChI=1S/C13H17FN2O2/c14-11-3-1-10(2-4-11)8-16-6-5-15-12(9-16)7-13(17)18/h1-4,12,15H,5-9H2,(H,17,18). The van der Waals surface area contributed by atoms with Crippen LogP contribution in [0.25, 0.3) is 0 Å². The van der Waals surface area contributed by atoms with E-state index in [4.69, 9.17) is 5.11 Å². The Balaban J connectivity index is 1.89. The van der Waals surface area contributed by atoms with E-state index in [0.717, 1.165) is 25.2 Å². The lowest BCUT2D eigenvalue weighted by molar-refractivity contribution is -0.137. The third-order valence-electron chi connectivity index (χ3n) is 3.08. The van der Waals surface area contributed by atoms with E-state index in [1.165, 1.54) is 12.1 Å². The quantitative estimate of drug-likeness (QED) is 0.841. The van der Waals surface area contributed by atoms with Crippen molar-refractivity contribution in [1.29, 1.82) is 0 Å². The lowest BCUT2D eigenvalue weighted by atomic mass is 10.1. The predicted octanol–water partition coefficient (Wildman–Crippen LogP) is 1.07. The van der Waals surface area contributed by atoms with Crippen molar-refractivity contribution in [3.05, 3.63) is 35.6 Å². The van der Waals surface area contributed by atoms with E-state index in [1.54, 1.807) is 12.1 Å². The lowest BCUT2D eigenvalue weighted by Gasteiger charge is -2.33. The number of carboxylic acids is 1. The second kappa shape index (κ2) is 5.93. The summed E-state index contributed by atoms with van der Waals surface area (Å²) in [5.74, 6) is -1.01. The molecule has 0 saturated carbocycles. The first kappa shape index (κ1) is 13.0. The first-order chi connectivity index (χ1) is 8.63. The molecule has 1 aromatic rings. The number of benzene rings is 1. The number of hydrogen-bond donors (Lipinski definition) is 2. The fourth-order valence-electron chi connectivity index (χ4n) is 2.23. The van der Waals surface area contributed by atoms with Gasteiger partial charge in [-0.25, -0.2) is 4.39 Å². The van der Waals surface area contributed by atoms with Crippen LogP contribution in [0, 0.1) is 5.82 Å². The number of aliphatic carboxylic acids is 1. The van der Waals surface area contributed by atoms with Gasteiger partial charge < -0.3 is 10.4 Å². The van der Waals surface area contributed by atoms with Gasteiger partial charge in [-0.3, -0.25) is 9.69 Å². The molecule has 0 amide bonds. The van der Waals surface area contributed by atoms with Gasteiger partial charge in [0, 0.05) is 32.2 Å². The third-order valence-corrected chi connectivity index (χ3v) is 3.08. The molecule has 2 rings (SSSR count). The van der Waals surface area contributed by atoms with Crippen LogP contribution in [0.15, 0.2) is 24.3 Å². The Morgan fingerprint density at radius 2 is 2.17 bits per heavy atom. The predicted molar refractivity (Wildman–Crippen MR) is 65.7 cm³/mol. The smallest absolute Gasteiger partial charge is 0.304 e. The van der Waals surface area contributed by atoms with Crippen LogP contribution >= 0.6 is 0 Å². The summed E-state index contributed by atoms with van der Waals surface area (Å²) in [5.41, 5.74) is 1.05. The van der Waals surface area contributed by atoms with Crippen molar-refractivity contribution in [2.75, 3.05) is 19.6 Å². The van der Waals surface area contributed by atoms with Gasteiger partial charge in [0.25, 0.3) is 0 Å². The Morgan fingerprint density at radius 1 is 1.44 bits per heavy atom. The van der Waals surface area contributed by atoms with Crippen LogP contribution in [0.1, 0.15) is 12.0 Å². The molecule has 5 heteroatoms.